The number of halogens is 1. The van der Waals surface area contributed by atoms with Gasteiger partial charge in [0.05, 0.1) is 6.10 Å². The van der Waals surface area contributed by atoms with Gasteiger partial charge in [0.15, 0.2) is 8.32 Å². The molecular weight excluding hydrogens is 364 g/mol. The Morgan fingerprint density at radius 1 is 1.09 bits per heavy atom. The molecule has 0 heterocycles. The summed E-state index contributed by atoms with van der Waals surface area (Å²) in [5.41, 5.74) is 3.92. The van der Waals surface area contributed by atoms with Gasteiger partial charge in [-0.25, -0.2) is 0 Å². The highest BCUT2D eigenvalue weighted by Gasteiger charge is 2.31. The van der Waals surface area contributed by atoms with Crippen molar-refractivity contribution >= 4 is 24.2 Å². The topological polar surface area (TPSA) is 9.23 Å². The third-order valence-electron chi connectivity index (χ3n) is 4.66. The van der Waals surface area contributed by atoms with Crippen molar-refractivity contribution in [1.29, 1.82) is 0 Å². The van der Waals surface area contributed by atoms with Crippen LogP contribution in [0.15, 0.2) is 36.0 Å². The quantitative estimate of drug-likeness (QED) is 0.177. The summed E-state index contributed by atoms with van der Waals surface area (Å²) in [7, 11) is -1.59. The van der Waals surface area contributed by atoms with Crippen LogP contribution in [-0.2, 0) is 4.43 Å². The minimum absolute atomic E-state index is 0.191. The van der Waals surface area contributed by atoms with Crippen LogP contribution >= 0.6 is 15.9 Å². The zero-order chi connectivity index (χ0) is 17.9. The van der Waals surface area contributed by atoms with Crippen LogP contribution in [0.5, 0.6) is 0 Å². The molecule has 0 aliphatic heterocycles. The molecule has 23 heavy (non-hydrogen) atoms. The Morgan fingerprint density at radius 3 is 2.09 bits per heavy atom. The van der Waals surface area contributed by atoms with E-state index < -0.39 is 8.32 Å². The molecule has 0 aromatic rings. The second-order valence-electron chi connectivity index (χ2n) is 6.81. The lowest BCUT2D eigenvalue weighted by Gasteiger charge is -2.32. The molecule has 0 radical (unpaired) electrons. The molecule has 0 unspecified atom stereocenters. The Bertz CT molecular complexity index is 388. The molecule has 0 aromatic carbocycles. The summed E-state index contributed by atoms with van der Waals surface area (Å²) >= 11 is 3.52. The molecule has 0 fully saturated rings. The van der Waals surface area contributed by atoms with Gasteiger partial charge in [-0.1, -0.05) is 66.1 Å². The van der Waals surface area contributed by atoms with Crippen LogP contribution in [0.4, 0.5) is 0 Å². The van der Waals surface area contributed by atoms with Crippen LogP contribution in [0.25, 0.3) is 0 Å². The SMILES string of the molecule is C=C(C)CCC/C(C)=C/[C@H](CC(=C)CBr)O[Si](CC)(CC)CC. The monoisotopic (exact) mass is 400 g/mol. The van der Waals surface area contributed by atoms with E-state index in [0.717, 1.165) is 24.6 Å². The average molecular weight is 402 g/mol. The van der Waals surface area contributed by atoms with Crippen molar-refractivity contribution in [3.8, 4) is 0 Å². The zero-order valence-corrected chi connectivity index (χ0v) is 18.6. The minimum Gasteiger partial charge on any atom is -0.410 e. The van der Waals surface area contributed by atoms with Gasteiger partial charge < -0.3 is 4.43 Å². The third-order valence-corrected chi connectivity index (χ3v) is 10.1. The van der Waals surface area contributed by atoms with Crippen LogP contribution in [0, 0.1) is 0 Å². The van der Waals surface area contributed by atoms with Crippen molar-refractivity contribution in [2.45, 2.75) is 84.5 Å². The smallest absolute Gasteiger partial charge is 0.192 e. The van der Waals surface area contributed by atoms with E-state index in [1.165, 1.54) is 41.3 Å². The molecule has 0 aromatic heterocycles. The van der Waals surface area contributed by atoms with Crippen molar-refractivity contribution in [3.63, 3.8) is 0 Å². The molecule has 0 spiro atoms. The standard InChI is InChI=1S/C20H37BrOSi/c1-8-23(9-2,10-3)22-20(15-19(7)16-21)14-18(6)13-11-12-17(4)5/h14,20H,4,7-13,15-16H2,1-3,5-6H3/b18-14+/t20-/m1/s1. The van der Waals surface area contributed by atoms with Crippen molar-refractivity contribution < 1.29 is 4.43 Å². The number of hydrogen-bond acceptors (Lipinski definition) is 1. The van der Waals surface area contributed by atoms with E-state index in [-0.39, 0.29) is 6.10 Å². The predicted octanol–water partition coefficient (Wildman–Crippen LogP) is 7.41. The van der Waals surface area contributed by atoms with E-state index in [9.17, 15) is 0 Å². The number of allylic oxidation sites excluding steroid dienone is 2. The van der Waals surface area contributed by atoms with Crippen molar-refractivity contribution in [1.82, 2.24) is 0 Å². The Balaban J connectivity index is 4.98. The maximum Gasteiger partial charge on any atom is 0.192 e. The predicted molar refractivity (Wildman–Crippen MR) is 112 cm³/mol. The van der Waals surface area contributed by atoms with Gasteiger partial charge in [0, 0.05) is 5.33 Å². The fourth-order valence-corrected chi connectivity index (χ4v) is 5.89. The number of rotatable bonds is 13. The molecule has 0 saturated carbocycles. The van der Waals surface area contributed by atoms with Gasteiger partial charge in [-0.15, -0.1) is 6.58 Å². The van der Waals surface area contributed by atoms with E-state index in [4.69, 9.17) is 4.43 Å². The lowest BCUT2D eigenvalue weighted by molar-refractivity contribution is 0.232. The van der Waals surface area contributed by atoms with Crippen molar-refractivity contribution in [2.75, 3.05) is 5.33 Å². The largest absolute Gasteiger partial charge is 0.410 e. The Kier molecular flexibility index (Phi) is 12.2. The summed E-state index contributed by atoms with van der Waals surface area (Å²) in [5, 5.41) is 0.855. The second kappa shape index (κ2) is 12.3. The highest BCUT2D eigenvalue weighted by Crippen LogP contribution is 2.27. The summed E-state index contributed by atoms with van der Waals surface area (Å²) in [6.45, 7) is 19.4. The van der Waals surface area contributed by atoms with E-state index in [1.54, 1.807) is 0 Å². The van der Waals surface area contributed by atoms with Gasteiger partial charge in [0.2, 0.25) is 0 Å². The van der Waals surface area contributed by atoms with Gasteiger partial charge in [-0.05, 0) is 57.7 Å². The molecule has 0 bridgehead atoms. The maximum absolute atomic E-state index is 6.72. The molecule has 1 nitrogen and oxygen atoms in total. The molecule has 0 rings (SSSR count). The molecule has 1 atom stereocenters. The first kappa shape index (κ1) is 22.9. The first-order valence-corrected chi connectivity index (χ1v) is 12.7. The molecule has 0 saturated heterocycles. The highest BCUT2D eigenvalue weighted by atomic mass is 79.9. The molecule has 0 N–H and O–H groups in total. The summed E-state index contributed by atoms with van der Waals surface area (Å²) < 4.78 is 6.72. The van der Waals surface area contributed by atoms with Crippen LogP contribution in [-0.4, -0.2) is 19.8 Å². The fourth-order valence-electron chi connectivity index (χ4n) is 2.86. The van der Waals surface area contributed by atoms with Gasteiger partial charge in [-0.3, -0.25) is 0 Å². The normalized spacial score (nSPS) is 13.9. The van der Waals surface area contributed by atoms with Gasteiger partial charge in [0.25, 0.3) is 0 Å². The van der Waals surface area contributed by atoms with E-state index in [2.05, 4.69) is 69.8 Å². The maximum atomic E-state index is 6.72. The molecule has 0 amide bonds. The lowest BCUT2D eigenvalue weighted by Crippen LogP contribution is -2.39. The van der Waals surface area contributed by atoms with Crippen LogP contribution < -0.4 is 0 Å². The first-order chi connectivity index (χ1) is 10.8. The molecule has 3 heteroatoms. The second-order valence-corrected chi connectivity index (χ2v) is 12.1. The summed E-state index contributed by atoms with van der Waals surface area (Å²) in [4.78, 5) is 0. The molecule has 134 valence electrons. The van der Waals surface area contributed by atoms with Crippen LogP contribution in [0.2, 0.25) is 18.1 Å². The van der Waals surface area contributed by atoms with E-state index in [0.29, 0.717) is 0 Å². The van der Waals surface area contributed by atoms with E-state index in [1.807, 2.05) is 0 Å². The molecular formula is C20H37BrOSi. The first-order valence-electron chi connectivity index (χ1n) is 9.04. The van der Waals surface area contributed by atoms with Crippen molar-refractivity contribution in [2.24, 2.45) is 0 Å². The Labute approximate surface area is 154 Å². The van der Waals surface area contributed by atoms with Crippen molar-refractivity contribution in [3.05, 3.63) is 36.0 Å². The summed E-state index contributed by atoms with van der Waals surface area (Å²) in [5.74, 6) is 0. The molecule has 0 aliphatic carbocycles. The Hall–Kier alpha value is -0.123. The Morgan fingerprint density at radius 2 is 1.65 bits per heavy atom. The fraction of sp³-hybridized carbons (Fsp3) is 0.700. The number of alkyl halides is 1. The number of hydrogen-bond donors (Lipinski definition) is 0. The van der Waals surface area contributed by atoms with E-state index >= 15 is 0 Å². The van der Waals surface area contributed by atoms with Crippen LogP contribution in [0.1, 0.15) is 60.3 Å². The minimum atomic E-state index is -1.59. The van der Waals surface area contributed by atoms with Gasteiger partial charge >= 0.3 is 0 Å². The molecule has 0 aliphatic rings. The third kappa shape index (κ3) is 9.68. The summed E-state index contributed by atoms with van der Waals surface area (Å²) in [6, 6.07) is 3.58. The van der Waals surface area contributed by atoms with Crippen LogP contribution in [0.3, 0.4) is 0 Å². The lowest BCUT2D eigenvalue weighted by atomic mass is 10.0. The highest BCUT2D eigenvalue weighted by molar-refractivity contribution is 9.09. The van der Waals surface area contributed by atoms with Gasteiger partial charge in [0.1, 0.15) is 0 Å². The average Bonchev–Trinajstić information content (AvgIpc) is 2.52. The zero-order valence-electron chi connectivity index (χ0n) is 16.0. The van der Waals surface area contributed by atoms with Gasteiger partial charge in [-0.2, -0.15) is 0 Å². The summed E-state index contributed by atoms with van der Waals surface area (Å²) in [6.07, 6.45) is 6.90.